The molecular formula is C28H33N3O4. The number of carbonyl (C=O) groups excluding carboxylic acids is 2. The van der Waals surface area contributed by atoms with Crippen LogP contribution in [0.15, 0.2) is 48.5 Å². The topological polar surface area (TPSA) is 82.1 Å². The van der Waals surface area contributed by atoms with Gasteiger partial charge in [0, 0.05) is 18.2 Å². The number of urea groups is 1. The minimum Gasteiger partial charge on any atom is -0.507 e. The number of aryl methyl sites for hydroxylation is 1. The van der Waals surface area contributed by atoms with E-state index in [0.717, 1.165) is 37.1 Å². The maximum Gasteiger partial charge on any atom is 0.325 e. The molecule has 0 bridgehead atoms. The fourth-order valence-corrected chi connectivity index (χ4v) is 5.21. The van der Waals surface area contributed by atoms with E-state index in [1.165, 1.54) is 4.90 Å². The molecule has 2 aliphatic rings. The number of carbonyl (C=O) groups is 2. The number of nitrogens with zero attached hydrogens (tertiary/aromatic N) is 2. The molecule has 2 N–H and O–H groups in total. The standard InChI is InChI=1S/C28H33N3O4/c1-3-4-16-31-26(33)28(29-27(31)34,15-12-21-8-6-5-7-9-21)23-13-17-30(18-14-23)20-22-10-11-24(35-2)19-25(22)32/h5-11,19,23,32H,12-18,20H2,1-2H3,(H,29,34). The first-order chi connectivity index (χ1) is 17.0. The predicted octanol–water partition coefficient (Wildman–Crippen LogP) is 3.56. The quantitative estimate of drug-likeness (QED) is 0.451. The van der Waals surface area contributed by atoms with Gasteiger partial charge in [0.1, 0.15) is 17.0 Å². The largest absolute Gasteiger partial charge is 0.507 e. The Morgan fingerprint density at radius 3 is 2.54 bits per heavy atom. The van der Waals surface area contributed by atoms with Crippen LogP contribution in [0, 0.1) is 17.8 Å². The van der Waals surface area contributed by atoms with Crippen molar-refractivity contribution in [3.05, 3.63) is 59.7 Å². The van der Waals surface area contributed by atoms with Crippen molar-refractivity contribution in [2.24, 2.45) is 5.92 Å². The lowest BCUT2D eigenvalue weighted by atomic mass is 9.74. The van der Waals surface area contributed by atoms with Crippen molar-refractivity contribution in [2.75, 3.05) is 26.7 Å². The zero-order valence-electron chi connectivity index (χ0n) is 20.4. The second-order valence-electron chi connectivity index (χ2n) is 9.25. The van der Waals surface area contributed by atoms with Gasteiger partial charge in [-0.3, -0.25) is 14.6 Å². The molecule has 2 saturated heterocycles. The van der Waals surface area contributed by atoms with Crippen molar-refractivity contribution in [3.8, 4) is 23.3 Å². The van der Waals surface area contributed by atoms with Gasteiger partial charge in [-0.15, -0.1) is 5.92 Å². The van der Waals surface area contributed by atoms with Gasteiger partial charge in [-0.1, -0.05) is 42.3 Å². The number of benzene rings is 2. The van der Waals surface area contributed by atoms with E-state index in [9.17, 15) is 14.7 Å². The molecule has 1 unspecified atom stereocenters. The molecule has 184 valence electrons. The van der Waals surface area contributed by atoms with Gasteiger partial charge in [-0.2, -0.15) is 0 Å². The lowest BCUT2D eigenvalue weighted by molar-refractivity contribution is -0.134. The highest BCUT2D eigenvalue weighted by molar-refractivity contribution is 6.07. The summed E-state index contributed by atoms with van der Waals surface area (Å²) in [4.78, 5) is 30.0. The summed E-state index contributed by atoms with van der Waals surface area (Å²) >= 11 is 0. The van der Waals surface area contributed by atoms with Crippen LogP contribution >= 0.6 is 0 Å². The van der Waals surface area contributed by atoms with Gasteiger partial charge >= 0.3 is 6.03 Å². The third-order valence-corrected chi connectivity index (χ3v) is 7.24. The van der Waals surface area contributed by atoms with E-state index in [1.54, 1.807) is 20.1 Å². The zero-order chi connectivity index (χ0) is 24.8. The third kappa shape index (κ3) is 5.28. The third-order valence-electron chi connectivity index (χ3n) is 7.24. The highest BCUT2D eigenvalue weighted by Gasteiger charge is 2.55. The van der Waals surface area contributed by atoms with E-state index in [0.29, 0.717) is 25.1 Å². The Balaban J connectivity index is 1.48. The van der Waals surface area contributed by atoms with Crippen LogP contribution in [0.3, 0.4) is 0 Å². The van der Waals surface area contributed by atoms with Crippen molar-refractivity contribution in [2.45, 2.75) is 44.7 Å². The maximum absolute atomic E-state index is 13.7. The average molecular weight is 476 g/mol. The van der Waals surface area contributed by atoms with E-state index in [4.69, 9.17) is 4.74 Å². The van der Waals surface area contributed by atoms with Crippen molar-refractivity contribution in [1.82, 2.24) is 15.1 Å². The number of likely N-dealkylation sites (tertiary alicyclic amines) is 1. The van der Waals surface area contributed by atoms with Gasteiger partial charge in [0.25, 0.3) is 5.91 Å². The Kier molecular flexibility index (Phi) is 7.62. The van der Waals surface area contributed by atoms with E-state index in [1.807, 2.05) is 30.3 Å². The van der Waals surface area contributed by atoms with Gasteiger partial charge < -0.3 is 15.2 Å². The molecule has 0 spiro atoms. The highest BCUT2D eigenvalue weighted by Crippen LogP contribution is 2.38. The second kappa shape index (κ2) is 10.8. The number of phenols is 1. The minimum atomic E-state index is -0.920. The first kappa shape index (κ1) is 24.6. The zero-order valence-corrected chi connectivity index (χ0v) is 20.4. The summed E-state index contributed by atoms with van der Waals surface area (Å²) in [6.45, 7) is 4.00. The number of hydrogen-bond donors (Lipinski definition) is 2. The van der Waals surface area contributed by atoms with Gasteiger partial charge in [0.05, 0.1) is 13.7 Å². The molecule has 7 heteroatoms. The Morgan fingerprint density at radius 1 is 1.14 bits per heavy atom. The number of phenolic OH excluding ortho intramolecular Hbond substituents is 1. The monoisotopic (exact) mass is 475 g/mol. The Morgan fingerprint density at radius 2 is 1.89 bits per heavy atom. The summed E-state index contributed by atoms with van der Waals surface area (Å²) in [6, 6.07) is 15.1. The summed E-state index contributed by atoms with van der Waals surface area (Å²) in [7, 11) is 1.58. The van der Waals surface area contributed by atoms with E-state index in [2.05, 4.69) is 34.2 Å². The molecule has 2 heterocycles. The van der Waals surface area contributed by atoms with Crippen molar-refractivity contribution >= 4 is 11.9 Å². The lowest BCUT2D eigenvalue weighted by Gasteiger charge is -2.41. The van der Waals surface area contributed by atoms with Crippen LogP contribution in [0.2, 0.25) is 0 Å². The first-order valence-electron chi connectivity index (χ1n) is 12.1. The molecular weight excluding hydrogens is 442 g/mol. The summed E-state index contributed by atoms with van der Waals surface area (Å²) in [5, 5.41) is 13.4. The number of rotatable bonds is 8. The Bertz CT molecular complexity index is 1120. The molecule has 2 aromatic carbocycles. The van der Waals surface area contributed by atoms with E-state index in [-0.39, 0.29) is 30.2 Å². The van der Waals surface area contributed by atoms with Crippen LogP contribution in [-0.4, -0.2) is 59.1 Å². The fourth-order valence-electron chi connectivity index (χ4n) is 5.21. The number of amides is 3. The summed E-state index contributed by atoms with van der Waals surface area (Å²) in [5.41, 5.74) is 1.07. The number of hydrogen-bond acceptors (Lipinski definition) is 5. The van der Waals surface area contributed by atoms with Gasteiger partial charge in [-0.25, -0.2) is 4.79 Å². The number of methoxy groups -OCH3 is 1. The van der Waals surface area contributed by atoms with Crippen LogP contribution in [0.4, 0.5) is 4.79 Å². The summed E-state index contributed by atoms with van der Waals surface area (Å²) in [6.07, 6.45) is 2.83. The number of aromatic hydroxyl groups is 1. The van der Waals surface area contributed by atoms with Gasteiger partial charge in [0.15, 0.2) is 0 Å². The molecule has 0 saturated carbocycles. The van der Waals surface area contributed by atoms with E-state index < -0.39 is 5.54 Å². The van der Waals surface area contributed by atoms with Crippen molar-refractivity contribution < 1.29 is 19.4 Å². The molecule has 3 amide bonds. The second-order valence-corrected chi connectivity index (χ2v) is 9.25. The number of ether oxygens (including phenoxy) is 1. The lowest BCUT2D eigenvalue weighted by Crippen LogP contribution is -2.56. The normalized spacial score (nSPS) is 20.9. The fraction of sp³-hybridized carbons (Fsp3) is 0.429. The van der Waals surface area contributed by atoms with Crippen LogP contribution < -0.4 is 10.1 Å². The smallest absolute Gasteiger partial charge is 0.325 e. The Hall–Kier alpha value is -3.50. The van der Waals surface area contributed by atoms with Crippen LogP contribution in [0.25, 0.3) is 0 Å². The molecule has 2 aliphatic heterocycles. The number of piperidine rings is 1. The maximum atomic E-state index is 13.7. The summed E-state index contributed by atoms with van der Waals surface area (Å²) in [5.74, 6) is 6.36. The van der Waals surface area contributed by atoms with Crippen LogP contribution in [0.1, 0.15) is 37.3 Å². The van der Waals surface area contributed by atoms with Crippen LogP contribution in [0.5, 0.6) is 11.5 Å². The predicted molar refractivity (Wildman–Crippen MR) is 134 cm³/mol. The SMILES string of the molecule is CC#CCN1C(=O)NC(CCc2ccccc2)(C2CCN(Cc3ccc(OC)cc3O)CC2)C1=O. The highest BCUT2D eigenvalue weighted by atomic mass is 16.5. The molecule has 35 heavy (non-hydrogen) atoms. The molecule has 2 aromatic rings. The Labute approximate surface area is 207 Å². The number of nitrogens with one attached hydrogen (secondary N) is 1. The summed E-state index contributed by atoms with van der Waals surface area (Å²) < 4.78 is 5.18. The van der Waals surface area contributed by atoms with Gasteiger partial charge in [-0.05, 0) is 63.2 Å². The van der Waals surface area contributed by atoms with Crippen molar-refractivity contribution in [1.29, 1.82) is 0 Å². The first-order valence-corrected chi connectivity index (χ1v) is 12.1. The van der Waals surface area contributed by atoms with E-state index >= 15 is 0 Å². The molecule has 2 fully saturated rings. The molecule has 1 atom stereocenters. The van der Waals surface area contributed by atoms with Crippen molar-refractivity contribution in [3.63, 3.8) is 0 Å². The molecule has 0 aliphatic carbocycles. The average Bonchev–Trinajstić information content (AvgIpc) is 3.13. The molecule has 0 radical (unpaired) electrons. The molecule has 7 nitrogen and oxygen atoms in total. The van der Waals surface area contributed by atoms with Crippen LogP contribution in [-0.2, 0) is 17.8 Å². The number of imide groups is 1. The van der Waals surface area contributed by atoms with Gasteiger partial charge in [0.2, 0.25) is 0 Å². The molecule has 4 rings (SSSR count). The molecule has 0 aromatic heterocycles. The minimum absolute atomic E-state index is 0.0305.